The Kier molecular flexibility index (Phi) is 6.81. The Morgan fingerprint density at radius 2 is 1.75 bits per heavy atom. The SMILES string of the molecule is COC(=O)/C(Cc1cc(Br)c(OCc2ccccc2)c(Br)c1)=N/O. The molecule has 0 saturated heterocycles. The van der Waals surface area contributed by atoms with Crippen LogP contribution in [0, 0.1) is 0 Å². The highest BCUT2D eigenvalue weighted by atomic mass is 79.9. The highest BCUT2D eigenvalue weighted by Gasteiger charge is 2.16. The lowest BCUT2D eigenvalue weighted by molar-refractivity contribution is -0.133. The second-order valence-corrected chi connectivity index (χ2v) is 6.59. The quantitative estimate of drug-likeness (QED) is 0.304. The molecule has 2 rings (SSSR count). The number of rotatable bonds is 6. The van der Waals surface area contributed by atoms with Gasteiger partial charge in [0.2, 0.25) is 0 Å². The Hall–Kier alpha value is -1.86. The van der Waals surface area contributed by atoms with Gasteiger partial charge >= 0.3 is 5.97 Å². The molecular weight excluding hydrogens is 442 g/mol. The molecule has 24 heavy (non-hydrogen) atoms. The van der Waals surface area contributed by atoms with Crippen molar-refractivity contribution in [3.63, 3.8) is 0 Å². The second kappa shape index (κ2) is 8.84. The van der Waals surface area contributed by atoms with Gasteiger partial charge in [-0.3, -0.25) is 0 Å². The Morgan fingerprint density at radius 1 is 1.12 bits per heavy atom. The van der Waals surface area contributed by atoms with Crippen LogP contribution in [0.25, 0.3) is 0 Å². The summed E-state index contributed by atoms with van der Waals surface area (Å²) >= 11 is 6.93. The molecule has 2 aromatic carbocycles. The van der Waals surface area contributed by atoms with E-state index in [0.717, 1.165) is 20.1 Å². The summed E-state index contributed by atoms with van der Waals surface area (Å²) in [5.41, 5.74) is 1.74. The normalized spacial score (nSPS) is 11.2. The summed E-state index contributed by atoms with van der Waals surface area (Å²) < 4.78 is 11.9. The van der Waals surface area contributed by atoms with Crippen molar-refractivity contribution >= 4 is 43.5 Å². The van der Waals surface area contributed by atoms with Crippen molar-refractivity contribution in [3.05, 3.63) is 62.5 Å². The summed E-state index contributed by atoms with van der Waals surface area (Å²) in [5.74, 6) is -0.0164. The lowest BCUT2D eigenvalue weighted by Gasteiger charge is -2.12. The van der Waals surface area contributed by atoms with Gasteiger partial charge in [-0.05, 0) is 55.1 Å². The van der Waals surface area contributed by atoms with Gasteiger partial charge in [0.1, 0.15) is 12.4 Å². The van der Waals surface area contributed by atoms with Crippen LogP contribution in [0.15, 0.2) is 56.6 Å². The van der Waals surface area contributed by atoms with Crippen LogP contribution in [0.2, 0.25) is 0 Å². The van der Waals surface area contributed by atoms with Gasteiger partial charge in [-0.2, -0.15) is 0 Å². The van der Waals surface area contributed by atoms with E-state index in [1.165, 1.54) is 7.11 Å². The molecule has 5 nitrogen and oxygen atoms in total. The third-order valence-electron chi connectivity index (χ3n) is 3.20. The minimum Gasteiger partial charge on any atom is -0.487 e. The molecule has 0 bridgehead atoms. The topological polar surface area (TPSA) is 68.1 Å². The number of hydrogen-bond donors (Lipinski definition) is 1. The van der Waals surface area contributed by atoms with Crippen LogP contribution in [-0.4, -0.2) is 24.0 Å². The van der Waals surface area contributed by atoms with Crippen LogP contribution in [-0.2, 0) is 22.6 Å². The van der Waals surface area contributed by atoms with Crippen molar-refractivity contribution in [3.8, 4) is 5.75 Å². The van der Waals surface area contributed by atoms with E-state index in [4.69, 9.17) is 9.94 Å². The predicted octanol–water partition coefficient (Wildman–Crippen LogP) is 4.34. The van der Waals surface area contributed by atoms with E-state index in [2.05, 4.69) is 41.8 Å². The summed E-state index contributed by atoms with van der Waals surface area (Å²) in [6.45, 7) is 0.433. The predicted molar refractivity (Wildman–Crippen MR) is 97.6 cm³/mol. The molecule has 0 spiro atoms. The first-order valence-electron chi connectivity index (χ1n) is 6.99. The van der Waals surface area contributed by atoms with Crippen LogP contribution in [0.3, 0.4) is 0 Å². The Morgan fingerprint density at radius 3 is 2.29 bits per heavy atom. The minimum absolute atomic E-state index is 0.0748. The molecule has 0 aliphatic heterocycles. The summed E-state index contributed by atoms with van der Waals surface area (Å²) in [4.78, 5) is 11.5. The van der Waals surface area contributed by atoms with E-state index in [1.54, 1.807) is 12.1 Å². The highest BCUT2D eigenvalue weighted by Crippen LogP contribution is 2.35. The molecule has 1 N–H and O–H groups in total. The van der Waals surface area contributed by atoms with Crippen molar-refractivity contribution in [1.82, 2.24) is 0 Å². The number of nitrogens with zero attached hydrogens (tertiary/aromatic N) is 1. The fourth-order valence-electron chi connectivity index (χ4n) is 2.04. The summed E-state index contributed by atoms with van der Waals surface area (Å²) in [5, 5.41) is 11.9. The summed E-state index contributed by atoms with van der Waals surface area (Å²) in [6, 6.07) is 13.4. The Bertz CT molecular complexity index is 725. The molecule has 0 atom stereocenters. The third-order valence-corrected chi connectivity index (χ3v) is 4.38. The molecule has 0 amide bonds. The number of methoxy groups -OCH3 is 1. The van der Waals surface area contributed by atoms with E-state index in [0.29, 0.717) is 12.4 Å². The fraction of sp³-hybridized carbons (Fsp3) is 0.176. The average molecular weight is 457 g/mol. The monoisotopic (exact) mass is 455 g/mol. The van der Waals surface area contributed by atoms with Crippen molar-refractivity contribution in [2.45, 2.75) is 13.0 Å². The minimum atomic E-state index is -0.672. The molecule has 0 aliphatic rings. The molecule has 0 radical (unpaired) electrons. The summed E-state index contributed by atoms with van der Waals surface area (Å²) in [7, 11) is 1.24. The summed E-state index contributed by atoms with van der Waals surface area (Å²) in [6.07, 6.45) is 0.138. The number of hydrogen-bond acceptors (Lipinski definition) is 5. The average Bonchev–Trinajstić information content (AvgIpc) is 2.59. The van der Waals surface area contributed by atoms with Gasteiger partial charge in [-0.1, -0.05) is 35.5 Å². The number of carbonyl (C=O) groups is 1. The van der Waals surface area contributed by atoms with Gasteiger partial charge in [0, 0.05) is 6.42 Å². The first kappa shape index (κ1) is 18.5. The van der Waals surface area contributed by atoms with Crippen molar-refractivity contribution in [2.75, 3.05) is 7.11 Å². The number of oxime groups is 1. The molecular formula is C17H15Br2NO4. The van der Waals surface area contributed by atoms with Gasteiger partial charge < -0.3 is 14.7 Å². The first-order chi connectivity index (χ1) is 11.5. The van der Waals surface area contributed by atoms with Crippen LogP contribution in [0.1, 0.15) is 11.1 Å². The van der Waals surface area contributed by atoms with Crippen molar-refractivity contribution < 1.29 is 19.5 Å². The second-order valence-electron chi connectivity index (χ2n) is 4.88. The van der Waals surface area contributed by atoms with Crippen LogP contribution in [0.4, 0.5) is 0 Å². The van der Waals surface area contributed by atoms with Crippen LogP contribution >= 0.6 is 31.9 Å². The van der Waals surface area contributed by atoms with Crippen molar-refractivity contribution in [1.29, 1.82) is 0 Å². The zero-order valence-corrected chi connectivity index (χ0v) is 16.0. The Labute approximate surface area is 156 Å². The molecule has 0 aliphatic carbocycles. The molecule has 0 fully saturated rings. The molecule has 0 heterocycles. The van der Waals surface area contributed by atoms with Crippen molar-refractivity contribution in [2.24, 2.45) is 5.16 Å². The maximum Gasteiger partial charge on any atom is 0.356 e. The molecule has 0 unspecified atom stereocenters. The van der Waals surface area contributed by atoms with Crippen LogP contribution in [0.5, 0.6) is 5.75 Å². The lowest BCUT2D eigenvalue weighted by atomic mass is 10.1. The van der Waals surface area contributed by atoms with E-state index in [1.807, 2.05) is 30.3 Å². The number of esters is 1. The highest BCUT2D eigenvalue weighted by molar-refractivity contribution is 9.11. The lowest BCUT2D eigenvalue weighted by Crippen LogP contribution is -2.18. The number of carbonyl (C=O) groups excluding carboxylic acids is 1. The van der Waals surface area contributed by atoms with E-state index in [-0.39, 0.29) is 12.1 Å². The molecule has 7 heteroatoms. The van der Waals surface area contributed by atoms with Gasteiger partial charge in [-0.15, -0.1) is 0 Å². The molecule has 0 saturated carbocycles. The van der Waals surface area contributed by atoms with E-state index in [9.17, 15) is 4.79 Å². The van der Waals surface area contributed by atoms with Gasteiger partial charge in [0.05, 0.1) is 16.1 Å². The van der Waals surface area contributed by atoms with Gasteiger partial charge in [0.15, 0.2) is 5.71 Å². The Balaban J connectivity index is 2.14. The van der Waals surface area contributed by atoms with Crippen LogP contribution < -0.4 is 4.74 Å². The van der Waals surface area contributed by atoms with E-state index < -0.39 is 5.97 Å². The van der Waals surface area contributed by atoms with Gasteiger partial charge in [0.25, 0.3) is 0 Å². The molecule has 2 aromatic rings. The zero-order chi connectivity index (χ0) is 17.5. The van der Waals surface area contributed by atoms with E-state index >= 15 is 0 Å². The smallest absolute Gasteiger partial charge is 0.356 e. The third kappa shape index (κ3) is 4.82. The standard InChI is InChI=1S/C17H15Br2NO4/c1-23-17(21)15(20-22)9-12-7-13(18)16(14(19)8-12)24-10-11-5-3-2-4-6-11/h2-8,22H,9-10H2,1H3/b20-15+. The maximum absolute atomic E-state index is 11.5. The zero-order valence-electron chi connectivity index (χ0n) is 12.8. The molecule has 0 aromatic heterocycles. The number of ether oxygens (including phenoxy) is 2. The fourth-order valence-corrected chi connectivity index (χ4v) is 3.55. The van der Waals surface area contributed by atoms with Gasteiger partial charge in [-0.25, -0.2) is 4.79 Å². The number of benzene rings is 2. The maximum atomic E-state index is 11.5. The first-order valence-corrected chi connectivity index (χ1v) is 8.57. The number of halogens is 2. The molecule has 126 valence electrons. The largest absolute Gasteiger partial charge is 0.487 e.